The normalized spacial score (nSPS) is 10.9. The van der Waals surface area contributed by atoms with Crippen LogP contribution in [-0.2, 0) is 11.3 Å². The van der Waals surface area contributed by atoms with Crippen LogP contribution in [0.5, 0.6) is 0 Å². The third kappa shape index (κ3) is 3.42. The first-order valence-corrected chi connectivity index (χ1v) is 8.82. The molecule has 0 radical (unpaired) electrons. The summed E-state index contributed by atoms with van der Waals surface area (Å²) in [7, 11) is 0. The summed E-state index contributed by atoms with van der Waals surface area (Å²) in [5, 5.41) is 5.48. The zero-order valence-corrected chi connectivity index (χ0v) is 15.2. The Morgan fingerprint density at radius 1 is 1.07 bits per heavy atom. The summed E-state index contributed by atoms with van der Waals surface area (Å²) in [5.41, 5.74) is 11.9. The fourth-order valence-corrected chi connectivity index (χ4v) is 3.14. The number of anilines is 1. The highest BCUT2D eigenvalue weighted by atomic mass is 16.5. The molecule has 4 aromatic rings. The van der Waals surface area contributed by atoms with Gasteiger partial charge in [-0.25, -0.2) is 4.68 Å². The number of hydrogen-bond donors (Lipinski definition) is 1. The fourth-order valence-electron chi connectivity index (χ4n) is 3.14. The minimum Gasteiger partial charge on any atom is -0.489 e. The maximum atomic E-state index is 6.13. The molecule has 0 aliphatic carbocycles. The second-order valence-electron chi connectivity index (χ2n) is 6.59. The van der Waals surface area contributed by atoms with Crippen LogP contribution in [0.1, 0.15) is 16.7 Å². The van der Waals surface area contributed by atoms with Gasteiger partial charge in [0.25, 0.3) is 0 Å². The standard InChI is InChI=1S/C23H21N3O/c1-16-11-22(24)21-14-25-26(23(21)12-16)20-10-6-9-19(13-20)17(2)27-15-18-7-4-3-5-8-18/h3-14H,2,15,24H2,1H3. The maximum absolute atomic E-state index is 6.13. The third-order valence-corrected chi connectivity index (χ3v) is 4.53. The summed E-state index contributed by atoms with van der Waals surface area (Å²) in [6.07, 6.45) is 1.80. The molecular formula is C23H21N3O. The molecule has 0 bridgehead atoms. The lowest BCUT2D eigenvalue weighted by molar-refractivity contribution is 0.265. The molecule has 0 fully saturated rings. The molecule has 0 atom stereocenters. The van der Waals surface area contributed by atoms with Crippen LogP contribution in [-0.4, -0.2) is 9.78 Å². The second-order valence-corrected chi connectivity index (χ2v) is 6.59. The van der Waals surface area contributed by atoms with Gasteiger partial charge in [0.05, 0.1) is 17.4 Å². The highest BCUT2D eigenvalue weighted by Gasteiger charge is 2.10. The Labute approximate surface area is 158 Å². The number of fused-ring (bicyclic) bond motifs is 1. The van der Waals surface area contributed by atoms with E-state index in [0.29, 0.717) is 12.4 Å². The van der Waals surface area contributed by atoms with E-state index in [1.165, 1.54) is 0 Å². The minimum atomic E-state index is 0.490. The van der Waals surface area contributed by atoms with E-state index in [1.54, 1.807) is 6.20 Å². The highest BCUT2D eigenvalue weighted by molar-refractivity contribution is 5.91. The summed E-state index contributed by atoms with van der Waals surface area (Å²) < 4.78 is 7.76. The zero-order chi connectivity index (χ0) is 18.8. The predicted molar refractivity (Wildman–Crippen MR) is 110 cm³/mol. The number of ether oxygens (including phenoxy) is 1. The van der Waals surface area contributed by atoms with Crippen molar-refractivity contribution in [2.24, 2.45) is 0 Å². The van der Waals surface area contributed by atoms with Crippen molar-refractivity contribution in [2.45, 2.75) is 13.5 Å². The maximum Gasteiger partial charge on any atom is 0.119 e. The van der Waals surface area contributed by atoms with Gasteiger partial charge in [0.2, 0.25) is 0 Å². The van der Waals surface area contributed by atoms with Gasteiger partial charge in [0, 0.05) is 16.6 Å². The molecule has 134 valence electrons. The SMILES string of the molecule is C=C(OCc1ccccc1)c1cccc(-n2ncc3c(N)cc(C)cc32)c1. The number of aromatic nitrogens is 2. The Kier molecular flexibility index (Phi) is 4.38. The van der Waals surface area contributed by atoms with Crippen LogP contribution >= 0.6 is 0 Å². The zero-order valence-electron chi connectivity index (χ0n) is 15.2. The first-order chi connectivity index (χ1) is 13.1. The van der Waals surface area contributed by atoms with Crippen LogP contribution in [0.25, 0.3) is 22.3 Å². The van der Waals surface area contributed by atoms with Crippen molar-refractivity contribution in [3.63, 3.8) is 0 Å². The van der Waals surface area contributed by atoms with Gasteiger partial charge in [-0.3, -0.25) is 0 Å². The summed E-state index contributed by atoms with van der Waals surface area (Å²) >= 11 is 0. The van der Waals surface area contributed by atoms with Crippen molar-refractivity contribution in [2.75, 3.05) is 5.73 Å². The predicted octanol–water partition coefficient (Wildman–Crippen LogP) is 5.10. The van der Waals surface area contributed by atoms with E-state index in [9.17, 15) is 0 Å². The molecule has 3 aromatic carbocycles. The van der Waals surface area contributed by atoms with Gasteiger partial charge in [0.1, 0.15) is 12.4 Å². The second kappa shape index (κ2) is 7.00. The van der Waals surface area contributed by atoms with Crippen LogP contribution in [0.15, 0.2) is 79.5 Å². The van der Waals surface area contributed by atoms with E-state index in [1.807, 2.05) is 72.3 Å². The number of nitrogens with zero attached hydrogens (tertiary/aromatic N) is 2. The van der Waals surface area contributed by atoms with Gasteiger partial charge >= 0.3 is 0 Å². The van der Waals surface area contributed by atoms with Crippen LogP contribution in [0, 0.1) is 6.92 Å². The number of benzene rings is 3. The summed E-state index contributed by atoms with van der Waals surface area (Å²) in [4.78, 5) is 0. The summed E-state index contributed by atoms with van der Waals surface area (Å²) in [6, 6.07) is 22.1. The van der Waals surface area contributed by atoms with E-state index in [0.717, 1.165) is 39.0 Å². The first kappa shape index (κ1) is 16.9. The Morgan fingerprint density at radius 2 is 1.89 bits per heavy atom. The molecule has 0 amide bonds. The Balaban J connectivity index is 1.62. The number of rotatable bonds is 5. The lowest BCUT2D eigenvalue weighted by Gasteiger charge is -2.11. The molecule has 0 aliphatic heterocycles. The molecule has 2 N–H and O–H groups in total. The number of hydrogen-bond acceptors (Lipinski definition) is 3. The smallest absolute Gasteiger partial charge is 0.119 e. The molecule has 1 heterocycles. The molecule has 1 aromatic heterocycles. The Morgan fingerprint density at radius 3 is 2.70 bits per heavy atom. The van der Waals surface area contributed by atoms with E-state index < -0.39 is 0 Å². The van der Waals surface area contributed by atoms with E-state index in [4.69, 9.17) is 10.5 Å². The molecule has 4 rings (SSSR count). The van der Waals surface area contributed by atoms with Crippen LogP contribution in [0.4, 0.5) is 5.69 Å². The quantitative estimate of drug-likeness (QED) is 0.400. The summed E-state index contributed by atoms with van der Waals surface area (Å²) in [6.45, 7) is 6.60. The van der Waals surface area contributed by atoms with Crippen molar-refractivity contribution in [1.29, 1.82) is 0 Å². The molecule has 4 nitrogen and oxygen atoms in total. The van der Waals surface area contributed by atoms with Gasteiger partial charge < -0.3 is 10.5 Å². The van der Waals surface area contributed by atoms with Gasteiger partial charge in [0.15, 0.2) is 0 Å². The molecule has 0 aliphatic rings. The number of nitrogens with two attached hydrogens (primary N) is 1. The average Bonchev–Trinajstić information content (AvgIpc) is 3.11. The molecule has 27 heavy (non-hydrogen) atoms. The van der Waals surface area contributed by atoms with E-state index in [2.05, 4.69) is 17.7 Å². The molecular weight excluding hydrogens is 334 g/mol. The van der Waals surface area contributed by atoms with Gasteiger partial charge in [-0.15, -0.1) is 0 Å². The Bertz CT molecular complexity index is 1110. The van der Waals surface area contributed by atoms with Crippen molar-refractivity contribution in [1.82, 2.24) is 9.78 Å². The van der Waals surface area contributed by atoms with Crippen molar-refractivity contribution in [3.05, 3.63) is 96.2 Å². The lowest BCUT2D eigenvalue weighted by Crippen LogP contribution is -1.99. The van der Waals surface area contributed by atoms with Crippen molar-refractivity contribution < 1.29 is 4.74 Å². The highest BCUT2D eigenvalue weighted by Crippen LogP contribution is 2.26. The minimum absolute atomic E-state index is 0.490. The van der Waals surface area contributed by atoms with Crippen molar-refractivity contribution in [3.8, 4) is 5.69 Å². The largest absolute Gasteiger partial charge is 0.489 e. The average molecular weight is 355 g/mol. The molecule has 0 saturated carbocycles. The van der Waals surface area contributed by atoms with E-state index >= 15 is 0 Å². The number of aryl methyl sites for hydroxylation is 1. The molecule has 4 heteroatoms. The van der Waals surface area contributed by atoms with Gasteiger partial charge in [-0.05, 0) is 42.3 Å². The topological polar surface area (TPSA) is 53.1 Å². The fraction of sp³-hybridized carbons (Fsp3) is 0.0870. The first-order valence-electron chi connectivity index (χ1n) is 8.82. The van der Waals surface area contributed by atoms with E-state index in [-0.39, 0.29) is 0 Å². The van der Waals surface area contributed by atoms with Gasteiger partial charge in [-0.2, -0.15) is 5.10 Å². The monoisotopic (exact) mass is 355 g/mol. The number of nitrogen functional groups attached to an aromatic ring is 1. The molecule has 0 saturated heterocycles. The van der Waals surface area contributed by atoms with Gasteiger partial charge in [-0.1, -0.05) is 49.0 Å². The van der Waals surface area contributed by atoms with Crippen LogP contribution in [0.2, 0.25) is 0 Å². The third-order valence-electron chi connectivity index (χ3n) is 4.53. The van der Waals surface area contributed by atoms with Crippen LogP contribution < -0.4 is 5.73 Å². The lowest BCUT2D eigenvalue weighted by atomic mass is 10.1. The molecule has 0 spiro atoms. The van der Waals surface area contributed by atoms with Crippen LogP contribution in [0.3, 0.4) is 0 Å². The molecule has 0 unspecified atom stereocenters. The Hall–Kier alpha value is -3.53. The summed E-state index contributed by atoms with van der Waals surface area (Å²) in [5.74, 6) is 0.632. The van der Waals surface area contributed by atoms with Crippen molar-refractivity contribution >= 4 is 22.3 Å².